The highest BCUT2D eigenvalue weighted by Gasteiger charge is 2.21. The third-order valence-electron chi connectivity index (χ3n) is 5.72. The van der Waals surface area contributed by atoms with Gasteiger partial charge in [0, 0.05) is 44.0 Å². The standard InChI is InChI=1S/C22H30N6OS/c1-3-4-7-16(14-19-17-8-5-6-9-18(17)25-26-19)24-21(29)20-15-23-22(30-20)28-12-10-27(2)11-13-28/h5-6,8-9,15-16H,3-4,7,10-14H2,1-2H3,(H,24,29)(H,25,26). The van der Waals surface area contributed by atoms with Crippen molar-refractivity contribution in [1.82, 2.24) is 25.4 Å². The lowest BCUT2D eigenvalue weighted by atomic mass is 10.0. The maximum Gasteiger partial charge on any atom is 0.263 e. The molecule has 1 aliphatic rings. The number of unbranched alkanes of at least 4 members (excludes halogenated alkanes) is 1. The highest BCUT2D eigenvalue weighted by atomic mass is 32.1. The van der Waals surface area contributed by atoms with E-state index >= 15 is 0 Å². The zero-order chi connectivity index (χ0) is 20.9. The number of rotatable bonds is 8. The summed E-state index contributed by atoms with van der Waals surface area (Å²) in [7, 11) is 2.14. The molecule has 4 rings (SSSR count). The predicted molar refractivity (Wildman–Crippen MR) is 122 cm³/mol. The van der Waals surface area contributed by atoms with Crippen LogP contribution in [0.2, 0.25) is 0 Å². The van der Waals surface area contributed by atoms with Crippen molar-refractivity contribution < 1.29 is 4.79 Å². The Bertz CT molecular complexity index is 975. The average molecular weight is 427 g/mol. The zero-order valence-corrected chi connectivity index (χ0v) is 18.5. The molecule has 1 aromatic carbocycles. The van der Waals surface area contributed by atoms with Gasteiger partial charge >= 0.3 is 0 Å². The van der Waals surface area contributed by atoms with Crippen molar-refractivity contribution in [2.75, 3.05) is 38.1 Å². The molecule has 2 N–H and O–H groups in total. The minimum absolute atomic E-state index is 0.0335. The van der Waals surface area contributed by atoms with E-state index in [1.807, 2.05) is 18.2 Å². The van der Waals surface area contributed by atoms with Gasteiger partial charge in [-0.1, -0.05) is 49.3 Å². The number of aromatic nitrogens is 3. The molecule has 0 spiro atoms. The van der Waals surface area contributed by atoms with E-state index in [1.54, 1.807) is 6.20 Å². The number of piperazine rings is 1. The van der Waals surface area contributed by atoms with E-state index in [9.17, 15) is 4.79 Å². The fraction of sp³-hybridized carbons (Fsp3) is 0.500. The fourth-order valence-corrected chi connectivity index (χ4v) is 4.73. The number of hydrogen-bond acceptors (Lipinski definition) is 6. The highest BCUT2D eigenvalue weighted by molar-refractivity contribution is 7.17. The second kappa shape index (κ2) is 9.57. The fourth-order valence-electron chi connectivity index (χ4n) is 3.86. The number of thiazole rings is 1. The Morgan fingerprint density at radius 1 is 1.27 bits per heavy atom. The third kappa shape index (κ3) is 4.82. The summed E-state index contributed by atoms with van der Waals surface area (Å²) in [6, 6.07) is 8.19. The lowest BCUT2D eigenvalue weighted by Gasteiger charge is -2.32. The van der Waals surface area contributed by atoms with Gasteiger partial charge in [0.15, 0.2) is 5.13 Å². The molecule has 1 amide bonds. The highest BCUT2D eigenvalue weighted by Crippen LogP contribution is 2.24. The van der Waals surface area contributed by atoms with Gasteiger partial charge in [-0.3, -0.25) is 9.89 Å². The molecule has 0 radical (unpaired) electrons. The minimum atomic E-state index is -0.0335. The quantitative estimate of drug-likeness (QED) is 0.578. The van der Waals surface area contributed by atoms with E-state index in [4.69, 9.17) is 0 Å². The van der Waals surface area contributed by atoms with Gasteiger partial charge in [-0.2, -0.15) is 5.10 Å². The second-order valence-electron chi connectivity index (χ2n) is 8.03. The number of carbonyl (C=O) groups is 1. The second-order valence-corrected chi connectivity index (χ2v) is 9.04. The van der Waals surface area contributed by atoms with E-state index in [1.165, 1.54) is 11.3 Å². The molecule has 0 aliphatic carbocycles. The van der Waals surface area contributed by atoms with E-state index in [-0.39, 0.29) is 11.9 Å². The number of amides is 1. The van der Waals surface area contributed by atoms with E-state index in [0.29, 0.717) is 4.88 Å². The first-order valence-electron chi connectivity index (χ1n) is 10.8. The summed E-state index contributed by atoms with van der Waals surface area (Å²) < 4.78 is 0. The lowest BCUT2D eigenvalue weighted by molar-refractivity contribution is 0.0938. The van der Waals surface area contributed by atoms with Gasteiger partial charge in [0.2, 0.25) is 0 Å². The smallest absolute Gasteiger partial charge is 0.263 e. The van der Waals surface area contributed by atoms with Crippen LogP contribution < -0.4 is 10.2 Å². The van der Waals surface area contributed by atoms with Crippen LogP contribution in [0.4, 0.5) is 5.13 Å². The Balaban J connectivity index is 1.43. The molecule has 3 heterocycles. The number of likely N-dealkylation sites (N-methyl/N-ethyl adjacent to an activating group) is 1. The molecular weight excluding hydrogens is 396 g/mol. The Hall–Kier alpha value is -2.45. The van der Waals surface area contributed by atoms with Gasteiger partial charge < -0.3 is 15.1 Å². The van der Waals surface area contributed by atoms with Crippen molar-refractivity contribution in [2.24, 2.45) is 0 Å². The maximum absolute atomic E-state index is 13.0. The number of aromatic amines is 1. The van der Waals surface area contributed by atoms with Crippen molar-refractivity contribution >= 4 is 33.3 Å². The molecule has 7 nitrogen and oxygen atoms in total. The van der Waals surface area contributed by atoms with Gasteiger partial charge in [-0.05, 0) is 19.5 Å². The first-order valence-corrected chi connectivity index (χ1v) is 11.6. The number of para-hydroxylation sites is 1. The Labute approximate surface area is 181 Å². The van der Waals surface area contributed by atoms with E-state index in [2.05, 4.69) is 50.3 Å². The van der Waals surface area contributed by atoms with Crippen LogP contribution in [0.25, 0.3) is 10.9 Å². The molecule has 160 valence electrons. The number of fused-ring (bicyclic) bond motifs is 1. The lowest BCUT2D eigenvalue weighted by Crippen LogP contribution is -2.44. The summed E-state index contributed by atoms with van der Waals surface area (Å²) in [6.07, 6.45) is 5.55. The van der Waals surface area contributed by atoms with Crippen molar-refractivity contribution in [3.63, 3.8) is 0 Å². The van der Waals surface area contributed by atoms with Crippen LogP contribution in [-0.4, -0.2) is 65.3 Å². The third-order valence-corrected chi connectivity index (χ3v) is 6.78. The van der Waals surface area contributed by atoms with Crippen LogP contribution >= 0.6 is 11.3 Å². The summed E-state index contributed by atoms with van der Waals surface area (Å²) >= 11 is 1.49. The molecule has 0 bridgehead atoms. The van der Waals surface area contributed by atoms with E-state index < -0.39 is 0 Å². The first-order chi connectivity index (χ1) is 14.6. The molecule has 8 heteroatoms. The summed E-state index contributed by atoms with van der Waals surface area (Å²) in [6.45, 7) is 6.14. The molecular formula is C22H30N6OS. The van der Waals surface area contributed by atoms with E-state index in [0.717, 1.165) is 73.6 Å². The topological polar surface area (TPSA) is 77.1 Å². The maximum atomic E-state index is 13.0. The van der Waals surface area contributed by atoms with Crippen LogP contribution in [-0.2, 0) is 6.42 Å². The van der Waals surface area contributed by atoms with Crippen molar-refractivity contribution in [3.8, 4) is 0 Å². The van der Waals surface area contributed by atoms with Gasteiger partial charge in [0.05, 0.1) is 17.4 Å². The first kappa shape index (κ1) is 20.8. The number of anilines is 1. The number of nitrogens with one attached hydrogen (secondary N) is 2. The molecule has 1 aliphatic heterocycles. The molecule has 3 aromatic rings. The monoisotopic (exact) mass is 426 g/mol. The number of nitrogens with zero attached hydrogens (tertiary/aromatic N) is 4. The Kier molecular flexibility index (Phi) is 6.64. The van der Waals surface area contributed by atoms with Crippen LogP contribution in [0.15, 0.2) is 30.5 Å². The normalized spacial score (nSPS) is 16.1. The SMILES string of the molecule is CCCCC(Cc1n[nH]c2ccccc12)NC(=O)c1cnc(N2CCN(C)CC2)s1. The summed E-state index contributed by atoms with van der Waals surface area (Å²) in [5, 5.41) is 12.9. The van der Waals surface area contributed by atoms with Crippen molar-refractivity contribution in [2.45, 2.75) is 38.6 Å². The number of benzene rings is 1. The molecule has 0 saturated carbocycles. The molecule has 1 saturated heterocycles. The average Bonchev–Trinajstić information content (AvgIpc) is 3.40. The van der Waals surface area contributed by atoms with Crippen LogP contribution in [0.1, 0.15) is 41.6 Å². The largest absolute Gasteiger partial charge is 0.348 e. The van der Waals surface area contributed by atoms with Gasteiger partial charge in [-0.25, -0.2) is 4.98 Å². The van der Waals surface area contributed by atoms with Crippen molar-refractivity contribution in [1.29, 1.82) is 0 Å². The number of H-pyrrole nitrogens is 1. The summed E-state index contributed by atoms with van der Waals surface area (Å²) in [5.74, 6) is -0.0335. The molecule has 2 aromatic heterocycles. The molecule has 1 unspecified atom stereocenters. The Morgan fingerprint density at radius 3 is 2.87 bits per heavy atom. The van der Waals surface area contributed by atoms with Gasteiger partial charge in [-0.15, -0.1) is 0 Å². The van der Waals surface area contributed by atoms with Gasteiger partial charge in [0.1, 0.15) is 4.88 Å². The van der Waals surface area contributed by atoms with Crippen LogP contribution in [0.5, 0.6) is 0 Å². The van der Waals surface area contributed by atoms with Crippen molar-refractivity contribution in [3.05, 3.63) is 41.0 Å². The number of carbonyl (C=O) groups excluding carboxylic acids is 1. The molecule has 30 heavy (non-hydrogen) atoms. The summed E-state index contributed by atoms with van der Waals surface area (Å²) in [5.41, 5.74) is 2.04. The number of hydrogen-bond donors (Lipinski definition) is 2. The predicted octanol–water partition coefficient (Wildman–Crippen LogP) is 3.30. The zero-order valence-electron chi connectivity index (χ0n) is 17.7. The molecule has 1 fully saturated rings. The van der Waals surface area contributed by atoms with Gasteiger partial charge in [0.25, 0.3) is 5.91 Å². The van der Waals surface area contributed by atoms with Crippen LogP contribution in [0, 0.1) is 0 Å². The summed E-state index contributed by atoms with van der Waals surface area (Å²) in [4.78, 5) is 22.7. The van der Waals surface area contributed by atoms with Crippen LogP contribution in [0.3, 0.4) is 0 Å². The minimum Gasteiger partial charge on any atom is -0.348 e. The molecule has 1 atom stereocenters. The Morgan fingerprint density at radius 2 is 2.07 bits per heavy atom.